The van der Waals surface area contributed by atoms with Gasteiger partial charge < -0.3 is 0 Å². The highest BCUT2D eigenvalue weighted by Gasteiger charge is 2.06. The van der Waals surface area contributed by atoms with E-state index in [0.717, 1.165) is 5.75 Å². The summed E-state index contributed by atoms with van der Waals surface area (Å²) in [5.74, 6) is 0.733. The van der Waals surface area contributed by atoms with Crippen molar-refractivity contribution in [2.75, 3.05) is 12.0 Å². The maximum atomic E-state index is 10.4. The summed E-state index contributed by atoms with van der Waals surface area (Å²) in [6.45, 7) is 1.76. The Bertz CT molecular complexity index is 178. The highest BCUT2D eigenvalue weighted by Crippen LogP contribution is 1.95. The van der Waals surface area contributed by atoms with Crippen molar-refractivity contribution in [3.8, 4) is 0 Å². The van der Waals surface area contributed by atoms with Gasteiger partial charge in [-0.25, -0.2) is 5.14 Å². The van der Waals surface area contributed by atoms with Gasteiger partial charge in [0.1, 0.15) is 0 Å². The third kappa shape index (κ3) is 6.34. The number of thioether (sulfide) groups is 1. The van der Waals surface area contributed by atoms with Crippen molar-refractivity contribution in [3.05, 3.63) is 0 Å². The number of hydrogen-bond donors (Lipinski definition) is 2. The minimum Gasteiger partial charge on any atom is -0.216 e. The first-order valence-corrected chi connectivity index (χ1v) is 5.68. The van der Waals surface area contributed by atoms with Gasteiger partial charge in [-0.3, -0.25) is 0 Å². The van der Waals surface area contributed by atoms with E-state index in [1.54, 1.807) is 18.7 Å². The van der Waals surface area contributed by atoms with E-state index >= 15 is 0 Å². The number of rotatable bonds is 4. The maximum Gasteiger partial charge on any atom is 0.274 e. The Morgan fingerprint density at radius 3 is 2.50 bits per heavy atom. The lowest BCUT2D eigenvalue weighted by atomic mass is 10.4. The van der Waals surface area contributed by atoms with Crippen LogP contribution in [0.15, 0.2) is 0 Å². The van der Waals surface area contributed by atoms with E-state index in [1.165, 1.54) is 0 Å². The first-order chi connectivity index (χ1) is 4.45. The zero-order valence-corrected chi connectivity index (χ0v) is 7.63. The summed E-state index contributed by atoms with van der Waals surface area (Å²) < 4.78 is 23.0. The lowest BCUT2D eigenvalue weighted by Crippen LogP contribution is -2.38. The Labute approximate surface area is 65.7 Å². The van der Waals surface area contributed by atoms with Crippen LogP contribution >= 0.6 is 11.8 Å². The zero-order chi connectivity index (χ0) is 8.20. The smallest absolute Gasteiger partial charge is 0.216 e. The zero-order valence-electron chi connectivity index (χ0n) is 5.99. The largest absolute Gasteiger partial charge is 0.274 e. The van der Waals surface area contributed by atoms with Crippen molar-refractivity contribution in [3.63, 3.8) is 0 Å². The average molecular weight is 184 g/mol. The number of hydrogen-bond acceptors (Lipinski definition) is 3. The molecule has 0 aliphatic carbocycles. The molecule has 1 atom stereocenters. The van der Waals surface area contributed by atoms with E-state index < -0.39 is 10.2 Å². The van der Waals surface area contributed by atoms with E-state index in [9.17, 15) is 8.42 Å². The molecule has 0 aromatic rings. The fourth-order valence-electron chi connectivity index (χ4n) is 0.564. The molecule has 0 saturated carbocycles. The summed E-state index contributed by atoms with van der Waals surface area (Å²) in [6.07, 6.45) is 1.90. The van der Waals surface area contributed by atoms with Crippen LogP contribution in [0.5, 0.6) is 0 Å². The summed E-state index contributed by atoms with van der Waals surface area (Å²) in [7, 11) is -3.51. The van der Waals surface area contributed by atoms with Gasteiger partial charge in [0.05, 0.1) is 0 Å². The molecule has 4 nitrogen and oxygen atoms in total. The van der Waals surface area contributed by atoms with Crippen LogP contribution in [-0.4, -0.2) is 26.5 Å². The first-order valence-electron chi connectivity index (χ1n) is 2.74. The Kier molecular flexibility index (Phi) is 4.26. The molecule has 0 aliphatic rings. The molecule has 3 N–H and O–H groups in total. The van der Waals surface area contributed by atoms with Gasteiger partial charge in [0.15, 0.2) is 0 Å². The third-order valence-corrected chi connectivity index (χ3v) is 2.35. The normalized spacial score (nSPS) is 15.1. The van der Waals surface area contributed by atoms with Crippen LogP contribution in [0.3, 0.4) is 0 Å². The van der Waals surface area contributed by atoms with Crippen LogP contribution in [0, 0.1) is 0 Å². The summed E-state index contributed by atoms with van der Waals surface area (Å²) >= 11 is 1.57. The van der Waals surface area contributed by atoms with Crippen LogP contribution < -0.4 is 9.86 Å². The lowest BCUT2D eigenvalue weighted by Gasteiger charge is -2.08. The molecular formula is C4H12N2O2S2. The Morgan fingerprint density at radius 1 is 1.70 bits per heavy atom. The molecule has 0 spiro atoms. The fourth-order valence-corrected chi connectivity index (χ4v) is 1.90. The molecule has 0 bridgehead atoms. The number of nitrogens with one attached hydrogen (secondary N) is 1. The minimum atomic E-state index is -3.51. The van der Waals surface area contributed by atoms with Gasteiger partial charge >= 0.3 is 0 Å². The van der Waals surface area contributed by atoms with Gasteiger partial charge in [-0.1, -0.05) is 0 Å². The van der Waals surface area contributed by atoms with E-state index in [-0.39, 0.29) is 6.04 Å². The maximum absolute atomic E-state index is 10.4. The second-order valence-electron chi connectivity index (χ2n) is 2.02. The van der Waals surface area contributed by atoms with Crippen molar-refractivity contribution in [1.29, 1.82) is 0 Å². The molecule has 0 rings (SSSR count). The first kappa shape index (κ1) is 10.2. The summed E-state index contributed by atoms with van der Waals surface area (Å²) in [6, 6.07) is -0.0926. The molecule has 62 valence electrons. The molecule has 6 heteroatoms. The summed E-state index contributed by atoms with van der Waals surface area (Å²) in [5.41, 5.74) is 0. The third-order valence-electron chi connectivity index (χ3n) is 0.782. The Hall–Kier alpha value is 0.220. The highest BCUT2D eigenvalue weighted by atomic mass is 32.2. The minimum absolute atomic E-state index is 0.0926. The van der Waals surface area contributed by atoms with Crippen LogP contribution in [0.4, 0.5) is 0 Å². The van der Waals surface area contributed by atoms with Gasteiger partial charge in [-0.2, -0.15) is 24.9 Å². The molecule has 10 heavy (non-hydrogen) atoms. The fraction of sp³-hybridized carbons (Fsp3) is 1.00. The van der Waals surface area contributed by atoms with Crippen LogP contribution in [0.25, 0.3) is 0 Å². The van der Waals surface area contributed by atoms with Gasteiger partial charge in [0, 0.05) is 11.8 Å². The SMILES string of the molecule is CSCC(C)NS(N)(=O)=O. The average Bonchev–Trinajstić information content (AvgIpc) is 1.59. The van der Waals surface area contributed by atoms with E-state index in [0.29, 0.717) is 0 Å². The molecule has 0 aliphatic heterocycles. The molecule has 0 amide bonds. The quantitative estimate of drug-likeness (QED) is 0.620. The standard InChI is InChI=1S/C4H12N2O2S2/c1-4(3-9-2)6-10(5,7)8/h4,6H,3H2,1-2H3,(H2,5,7,8). The van der Waals surface area contributed by atoms with E-state index in [2.05, 4.69) is 4.72 Å². The molecule has 0 radical (unpaired) electrons. The topological polar surface area (TPSA) is 72.2 Å². The predicted octanol–water partition coefficient (Wildman–Crippen LogP) is -0.469. The van der Waals surface area contributed by atoms with Crippen molar-refractivity contribution < 1.29 is 8.42 Å². The van der Waals surface area contributed by atoms with Gasteiger partial charge in [-0.05, 0) is 13.2 Å². The second-order valence-corrected chi connectivity index (χ2v) is 4.26. The second kappa shape index (κ2) is 4.17. The molecule has 0 saturated heterocycles. The molecule has 0 fully saturated rings. The van der Waals surface area contributed by atoms with E-state index in [4.69, 9.17) is 5.14 Å². The van der Waals surface area contributed by atoms with Gasteiger partial charge in [0.25, 0.3) is 10.2 Å². The molecule has 0 aromatic carbocycles. The lowest BCUT2D eigenvalue weighted by molar-refractivity contribution is 0.573. The van der Waals surface area contributed by atoms with Crippen LogP contribution in [0.1, 0.15) is 6.92 Å². The van der Waals surface area contributed by atoms with Crippen molar-refractivity contribution in [2.24, 2.45) is 5.14 Å². The molecule has 0 heterocycles. The molecular weight excluding hydrogens is 172 g/mol. The van der Waals surface area contributed by atoms with Crippen molar-refractivity contribution in [2.45, 2.75) is 13.0 Å². The van der Waals surface area contributed by atoms with Crippen LogP contribution in [0.2, 0.25) is 0 Å². The Balaban J connectivity index is 3.69. The van der Waals surface area contributed by atoms with Crippen molar-refractivity contribution >= 4 is 22.0 Å². The van der Waals surface area contributed by atoms with Gasteiger partial charge in [0.2, 0.25) is 0 Å². The summed E-state index contributed by atoms with van der Waals surface area (Å²) in [5, 5.41) is 4.72. The number of nitrogens with two attached hydrogens (primary N) is 1. The van der Waals surface area contributed by atoms with Crippen molar-refractivity contribution in [1.82, 2.24) is 4.72 Å². The van der Waals surface area contributed by atoms with E-state index in [1.807, 2.05) is 6.26 Å². The predicted molar refractivity (Wildman–Crippen MR) is 44.1 cm³/mol. The highest BCUT2D eigenvalue weighted by molar-refractivity contribution is 7.98. The monoisotopic (exact) mass is 184 g/mol. The van der Waals surface area contributed by atoms with Gasteiger partial charge in [-0.15, -0.1) is 0 Å². The van der Waals surface area contributed by atoms with Crippen LogP contribution in [-0.2, 0) is 10.2 Å². The Morgan fingerprint density at radius 2 is 2.20 bits per heavy atom. The molecule has 0 aromatic heterocycles. The summed E-state index contributed by atoms with van der Waals surface area (Å²) in [4.78, 5) is 0. The molecule has 1 unspecified atom stereocenters.